The van der Waals surface area contributed by atoms with E-state index in [0.29, 0.717) is 12.2 Å². The summed E-state index contributed by atoms with van der Waals surface area (Å²) in [5.41, 5.74) is 0.725. The van der Waals surface area contributed by atoms with E-state index in [1.54, 1.807) is 19.3 Å². The van der Waals surface area contributed by atoms with Crippen LogP contribution in [0, 0.1) is 0 Å². The molecule has 0 spiro atoms. The number of carbonyl (C=O) groups excluding carboxylic acids is 1. The maximum atomic E-state index is 11.8. The number of aliphatic hydroxyl groups excluding tert-OH is 1. The van der Waals surface area contributed by atoms with Crippen LogP contribution in [0.2, 0.25) is 0 Å². The molecule has 0 saturated carbocycles. The second-order valence-electron chi connectivity index (χ2n) is 4.85. The number of amides is 1. The van der Waals surface area contributed by atoms with E-state index in [9.17, 15) is 9.90 Å². The van der Waals surface area contributed by atoms with Crippen molar-refractivity contribution in [3.8, 4) is 10.8 Å². The van der Waals surface area contributed by atoms with Crippen LogP contribution in [0.15, 0.2) is 28.2 Å². The number of nitrogens with one attached hydrogen (secondary N) is 1. The van der Waals surface area contributed by atoms with Crippen LogP contribution in [-0.4, -0.2) is 28.1 Å². The zero-order valence-corrected chi connectivity index (χ0v) is 12.3. The van der Waals surface area contributed by atoms with Gasteiger partial charge >= 0.3 is 0 Å². The van der Waals surface area contributed by atoms with Crippen molar-refractivity contribution < 1.29 is 14.3 Å². The van der Waals surface area contributed by atoms with Gasteiger partial charge in [0.15, 0.2) is 10.8 Å². The van der Waals surface area contributed by atoms with Crippen molar-refractivity contribution in [3.63, 3.8) is 0 Å². The summed E-state index contributed by atoms with van der Waals surface area (Å²) in [5.74, 6) is 0.624. The highest BCUT2D eigenvalue weighted by atomic mass is 32.1. The highest BCUT2D eigenvalue weighted by molar-refractivity contribution is 7.13. The zero-order valence-electron chi connectivity index (χ0n) is 11.5. The first-order valence-corrected chi connectivity index (χ1v) is 7.38. The Balaban J connectivity index is 1.89. The van der Waals surface area contributed by atoms with E-state index in [1.165, 1.54) is 11.3 Å². The second-order valence-corrected chi connectivity index (χ2v) is 5.71. The average Bonchev–Trinajstić information content (AvgIpc) is 2.96. The third kappa shape index (κ3) is 4.18. The van der Waals surface area contributed by atoms with Crippen molar-refractivity contribution in [2.24, 2.45) is 0 Å². The Morgan fingerprint density at radius 1 is 1.55 bits per heavy atom. The molecule has 0 aliphatic carbocycles. The summed E-state index contributed by atoms with van der Waals surface area (Å²) in [6, 6.07) is 3.60. The van der Waals surface area contributed by atoms with Gasteiger partial charge in [0.25, 0.3) is 0 Å². The van der Waals surface area contributed by atoms with Gasteiger partial charge in [-0.15, -0.1) is 11.3 Å². The third-order valence-electron chi connectivity index (χ3n) is 2.73. The van der Waals surface area contributed by atoms with Gasteiger partial charge in [0.2, 0.25) is 5.91 Å². The molecule has 0 aliphatic heterocycles. The molecule has 108 valence electrons. The van der Waals surface area contributed by atoms with E-state index in [0.717, 1.165) is 10.7 Å². The molecule has 0 bridgehead atoms. The third-order valence-corrected chi connectivity index (χ3v) is 3.63. The lowest BCUT2D eigenvalue weighted by molar-refractivity contribution is -0.121. The van der Waals surface area contributed by atoms with Gasteiger partial charge in [0.1, 0.15) is 0 Å². The van der Waals surface area contributed by atoms with Crippen LogP contribution in [0.5, 0.6) is 0 Å². The number of hydrogen-bond donors (Lipinski definition) is 2. The van der Waals surface area contributed by atoms with Crippen molar-refractivity contribution in [2.75, 3.05) is 0 Å². The summed E-state index contributed by atoms with van der Waals surface area (Å²) in [5, 5.41) is 14.7. The second kappa shape index (κ2) is 6.67. The quantitative estimate of drug-likeness (QED) is 0.856. The van der Waals surface area contributed by atoms with Crippen LogP contribution < -0.4 is 5.32 Å². The normalized spacial score (nSPS) is 13.9. The van der Waals surface area contributed by atoms with Crippen LogP contribution >= 0.6 is 11.3 Å². The first kappa shape index (κ1) is 14.7. The number of nitrogens with zero attached hydrogens (tertiary/aromatic N) is 1. The first-order chi connectivity index (χ1) is 9.54. The number of thiazole rings is 1. The fourth-order valence-corrected chi connectivity index (χ4v) is 2.75. The Morgan fingerprint density at radius 2 is 2.35 bits per heavy atom. The molecule has 2 rings (SSSR count). The van der Waals surface area contributed by atoms with E-state index < -0.39 is 6.10 Å². The lowest BCUT2D eigenvalue weighted by Gasteiger charge is -2.14. The summed E-state index contributed by atoms with van der Waals surface area (Å²) >= 11 is 1.45. The average molecular weight is 294 g/mol. The molecule has 2 aromatic heterocycles. The fraction of sp³-hybridized carbons (Fsp3) is 0.429. The molecule has 0 saturated heterocycles. The Labute approximate surface area is 121 Å². The molecule has 2 N–H and O–H groups in total. The Hall–Kier alpha value is -1.66. The van der Waals surface area contributed by atoms with Crippen molar-refractivity contribution in [3.05, 3.63) is 29.5 Å². The minimum Gasteiger partial charge on any atom is -0.462 e. The lowest BCUT2D eigenvalue weighted by Crippen LogP contribution is -2.35. The van der Waals surface area contributed by atoms with Gasteiger partial charge in [-0.05, 0) is 32.4 Å². The molecule has 2 atom stereocenters. The van der Waals surface area contributed by atoms with E-state index in [-0.39, 0.29) is 18.4 Å². The van der Waals surface area contributed by atoms with E-state index in [2.05, 4.69) is 10.3 Å². The number of aliphatic hydroxyl groups is 1. The summed E-state index contributed by atoms with van der Waals surface area (Å²) in [7, 11) is 0. The molecule has 5 nitrogen and oxygen atoms in total. The fourth-order valence-electron chi connectivity index (χ4n) is 1.96. The number of aromatic nitrogens is 1. The number of rotatable bonds is 6. The maximum absolute atomic E-state index is 11.8. The smallest absolute Gasteiger partial charge is 0.226 e. The monoisotopic (exact) mass is 294 g/mol. The van der Waals surface area contributed by atoms with E-state index >= 15 is 0 Å². The molecule has 6 heteroatoms. The van der Waals surface area contributed by atoms with Gasteiger partial charge < -0.3 is 14.8 Å². The number of furan rings is 1. The summed E-state index contributed by atoms with van der Waals surface area (Å²) < 4.78 is 5.27. The molecular formula is C14H18N2O3S. The van der Waals surface area contributed by atoms with Crippen LogP contribution in [0.4, 0.5) is 0 Å². The van der Waals surface area contributed by atoms with Gasteiger partial charge in [-0.25, -0.2) is 4.98 Å². The Kier molecular flexibility index (Phi) is 4.92. The summed E-state index contributed by atoms with van der Waals surface area (Å²) in [4.78, 5) is 16.2. The lowest BCUT2D eigenvalue weighted by atomic mass is 10.1. The molecule has 20 heavy (non-hydrogen) atoms. The molecule has 2 aromatic rings. The van der Waals surface area contributed by atoms with Gasteiger partial charge in [-0.3, -0.25) is 4.79 Å². The van der Waals surface area contributed by atoms with Gasteiger partial charge in [-0.1, -0.05) is 0 Å². The van der Waals surface area contributed by atoms with Crippen molar-refractivity contribution in [2.45, 2.75) is 38.8 Å². The van der Waals surface area contributed by atoms with E-state index in [4.69, 9.17) is 4.42 Å². The molecule has 0 aliphatic rings. The minimum absolute atomic E-state index is 0.0503. The van der Waals surface area contributed by atoms with Gasteiger partial charge in [0, 0.05) is 11.4 Å². The molecule has 0 fully saturated rings. The van der Waals surface area contributed by atoms with Crippen LogP contribution in [-0.2, 0) is 11.2 Å². The van der Waals surface area contributed by atoms with Gasteiger partial charge in [0.05, 0.1) is 24.5 Å². The Bertz CT molecular complexity index is 549. The van der Waals surface area contributed by atoms with Crippen molar-refractivity contribution in [1.29, 1.82) is 0 Å². The van der Waals surface area contributed by atoms with Crippen LogP contribution in [0.25, 0.3) is 10.8 Å². The van der Waals surface area contributed by atoms with Crippen molar-refractivity contribution in [1.82, 2.24) is 10.3 Å². The SMILES string of the molecule is CC(O)CC(C)NC(=O)Cc1csc(-c2ccco2)n1. The topological polar surface area (TPSA) is 75.4 Å². The molecular weight excluding hydrogens is 276 g/mol. The maximum Gasteiger partial charge on any atom is 0.226 e. The Morgan fingerprint density at radius 3 is 3.00 bits per heavy atom. The largest absolute Gasteiger partial charge is 0.462 e. The van der Waals surface area contributed by atoms with E-state index in [1.807, 2.05) is 18.4 Å². The van der Waals surface area contributed by atoms with Crippen LogP contribution in [0.1, 0.15) is 26.0 Å². The van der Waals surface area contributed by atoms with Crippen molar-refractivity contribution >= 4 is 17.2 Å². The molecule has 2 heterocycles. The van der Waals surface area contributed by atoms with Crippen LogP contribution in [0.3, 0.4) is 0 Å². The summed E-state index contributed by atoms with van der Waals surface area (Å²) in [6.45, 7) is 3.58. The standard InChI is InChI=1S/C14H18N2O3S/c1-9(6-10(2)17)15-13(18)7-11-8-20-14(16-11)12-4-3-5-19-12/h3-5,8-10,17H,6-7H2,1-2H3,(H,15,18). The molecule has 2 unspecified atom stereocenters. The highest BCUT2D eigenvalue weighted by Gasteiger charge is 2.13. The van der Waals surface area contributed by atoms with Gasteiger partial charge in [-0.2, -0.15) is 0 Å². The zero-order chi connectivity index (χ0) is 14.5. The minimum atomic E-state index is -0.421. The molecule has 0 radical (unpaired) electrons. The molecule has 0 aromatic carbocycles. The molecule has 1 amide bonds. The predicted octanol–water partition coefficient (Wildman–Crippen LogP) is 2.22. The predicted molar refractivity (Wildman–Crippen MR) is 77.4 cm³/mol. The highest BCUT2D eigenvalue weighted by Crippen LogP contribution is 2.24. The number of carbonyl (C=O) groups is 1. The first-order valence-electron chi connectivity index (χ1n) is 6.50. The number of hydrogen-bond acceptors (Lipinski definition) is 5. The summed E-state index contributed by atoms with van der Waals surface area (Å²) in [6.07, 6.45) is 1.96.